The second-order valence-electron chi connectivity index (χ2n) is 7.21. The molecule has 2 bridgehead atoms. The van der Waals surface area contributed by atoms with Crippen molar-refractivity contribution in [2.24, 2.45) is 35.5 Å². The van der Waals surface area contributed by atoms with Crippen LogP contribution in [-0.4, -0.2) is 25.2 Å². The summed E-state index contributed by atoms with van der Waals surface area (Å²) in [5, 5.41) is 0. The average Bonchev–Trinajstić information content (AvgIpc) is 3.20. The molecule has 0 aliphatic heterocycles. The molecule has 0 heterocycles. The summed E-state index contributed by atoms with van der Waals surface area (Å²) in [6.07, 6.45) is 6.36. The first kappa shape index (κ1) is 15.8. The van der Waals surface area contributed by atoms with Gasteiger partial charge in [0.1, 0.15) is 0 Å². The van der Waals surface area contributed by atoms with Gasteiger partial charge in [-0.1, -0.05) is 20.3 Å². The third kappa shape index (κ3) is 2.55. The average molecular weight is 308 g/mol. The Bertz CT molecular complexity index is 395. The van der Waals surface area contributed by atoms with Gasteiger partial charge in [-0.3, -0.25) is 9.59 Å². The molecule has 3 saturated carbocycles. The SMILES string of the molecule is CCCOC(=O)C1C2CC(C3CCCC32)C1C(=O)OCCC. The van der Waals surface area contributed by atoms with Crippen molar-refractivity contribution in [1.82, 2.24) is 0 Å². The molecule has 0 aromatic rings. The van der Waals surface area contributed by atoms with Gasteiger partial charge in [0.2, 0.25) is 0 Å². The van der Waals surface area contributed by atoms with Crippen LogP contribution in [0.5, 0.6) is 0 Å². The Morgan fingerprint density at radius 2 is 1.27 bits per heavy atom. The van der Waals surface area contributed by atoms with Gasteiger partial charge < -0.3 is 9.47 Å². The molecule has 3 fully saturated rings. The highest BCUT2D eigenvalue weighted by molar-refractivity contribution is 5.84. The second-order valence-corrected chi connectivity index (χ2v) is 7.21. The smallest absolute Gasteiger partial charge is 0.310 e. The first-order chi connectivity index (χ1) is 10.7. The van der Waals surface area contributed by atoms with Crippen LogP contribution in [0.15, 0.2) is 0 Å². The third-order valence-electron chi connectivity index (χ3n) is 6.02. The minimum Gasteiger partial charge on any atom is -0.465 e. The van der Waals surface area contributed by atoms with Crippen molar-refractivity contribution in [2.75, 3.05) is 13.2 Å². The summed E-state index contributed by atoms with van der Waals surface area (Å²) < 4.78 is 10.8. The highest BCUT2D eigenvalue weighted by Crippen LogP contribution is 2.63. The van der Waals surface area contributed by atoms with Gasteiger partial charge >= 0.3 is 11.9 Å². The van der Waals surface area contributed by atoms with Crippen LogP contribution in [-0.2, 0) is 19.1 Å². The van der Waals surface area contributed by atoms with E-state index in [2.05, 4.69) is 0 Å². The van der Waals surface area contributed by atoms with Gasteiger partial charge in [-0.05, 0) is 55.8 Å². The Kier molecular flexibility index (Phi) is 4.74. The molecule has 22 heavy (non-hydrogen) atoms. The lowest BCUT2D eigenvalue weighted by Crippen LogP contribution is -2.42. The van der Waals surface area contributed by atoms with E-state index >= 15 is 0 Å². The zero-order chi connectivity index (χ0) is 15.7. The molecule has 3 aliphatic carbocycles. The maximum absolute atomic E-state index is 12.5. The normalized spacial score (nSPS) is 38.8. The zero-order valence-corrected chi connectivity index (χ0v) is 13.8. The molecule has 124 valence electrons. The Balaban J connectivity index is 1.77. The predicted octanol–water partition coefficient (Wildman–Crippen LogP) is 3.19. The van der Waals surface area contributed by atoms with Crippen LogP contribution in [0.3, 0.4) is 0 Å². The number of carbonyl (C=O) groups is 2. The zero-order valence-electron chi connectivity index (χ0n) is 13.8. The molecule has 0 aromatic carbocycles. The van der Waals surface area contributed by atoms with Crippen LogP contribution >= 0.6 is 0 Å². The van der Waals surface area contributed by atoms with E-state index in [0.717, 1.165) is 19.3 Å². The van der Waals surface area contributed by atoms with Gasteiger partial charge in [-0.15, -0.1) is 0 Å². The number of esters is 2. The van der Waals surface area contributed by atoms with E-state index in [4.69, 9.17) is 9.47 Å². The van der Waals surface area contributed by atoms with E-state index < -0.39 is 0 Å². The third-order valence-corrected chi connectivity index (χ3v) is 6.02. The molecule has 0 amide bonds. The van der Waals surface area contributed by atoms with Crippen LogP contribution in [0.2, 0.25) is 0 Å². The maximum Gasteiger partial charge on any atom is 0.310 e. The lowest BCUT2D eigenvalue weighted by molar-refractivity contribution is -0.165. The molecule has 0 aromatic heterocycles. The number of rotatable bonds is 6. The molecule has 6 atom stereocenters. The van der Waals surface area contributed by atoms with Crippen molar-refractivity contribution in [2.45, 2.75) is 52.4 Å². The van der Waals surface area contributed by atoms with Crippen molar-refractivity contribution in [3.05, 3.63) is 0 Å². The molecule has 0 saturated heterocycles. The Hall–Kier alpha value is -1.06. The number of ether oxygens (including phenoxy) is 2. The number of hydrogen-bond donors (Lipinski definition) is 0. The van der Waals surface area contributed by atoms with E-state index in [-0.39, 0.29) is 23.8 Å². The molecular weight excluding hydrogens is 280 g/mol. The maximum atomic E-state index is 12.5. The Morgan fingerprint density at radius 3 is 1.68 bits per heavy atom. The number of fused-ring (bicyclic) bond motifs is 5. The fourth-order valence-corrected chi connectivity index (χ4v) is 5.34. The molecule has 6 unspecified atom stereocenters. The lowest BCUT2D eigenvalue weighted by atomic mass is 9.69. The molecule has 0 N–H and O–H groups in total. The molecule has 4 nitrogen and oxygen atoms in total. The summed E-state index contributed by atoms with van der Waals surface area (Å²) in [7, 11) is 0. The predicted molar refractivity (Wildman–Crippen MR) is 81.9 cm³/mol. The first-order valence-electron chi connectivity index (χ1n) is 9.02. The molecule has 0 radical (unpaired) electrons. The Morgan fingerprint density at radius 1 is 0.818 bits per heavy atom. The van der Waals surface area contributed by atoms with Gasteiger partial charge in [-0.25, -0.2) is 0 Å². The quantitative estimate of drug-likeness (QED) is 0.707. The summed E-state index contributed by atoms with van der Waals surface area (Å²) >= 11 is 0. The van der Waals surface area contributed by atoms with Crippen LogP contribution < -0.4 is 0 Å². The molecule has 0 spiro atoms. The Labute approximate surface area is 132 Å². The minimum atomic E-state index is -0.250. The second kappa shape index (κ2) is 6.59. The van der Waals surface area contributed by atoms with E-state index in [1.807, 2.05) is 13.8 Å². The molecule has 3 aliphatic rings. The number of hydrogen-bond acceptors (Lipinski definition) is 4. The fourth-order valence-electron chi connectivity index (χ4n) is 5.34. The van der Waals surface area contributed by atoms with Crippen LogP contribution in [0.25, 0.3) is 0 Å². The van der Waals surface area contributed by atoms with Crippen LogP contribution in [0, 0.1) is 35.5 Å². The first-order valence-corrected chi connectivity index (χ1v) is 9.02. The van der Waals surface area contributed by atoms with E-state index in [1.165, 1.54) is 19.3 Å². The fraction of sp³-hybridized carbons (Fsp3) is 0.889. The number of carbonyl (C=O) groups excluding carboxylic acids is 2. The highest BCUT2D eigenvalue weighted by Gasteiger charge is 2.63. The highest BCUT2D eigenvalue weighted by atomic mass is 16.5. The molecule has 4 heteroatoms. The largest absolute Gasteiger partial charge is 0.465 e. The van der Waals surface area contributed by atoms with Gasteiger partial charge in [0.05, 0.1) is 25.0 Å². The van der Waals surface area contributed by atoms with Gasteiger partial charge in [0, 0.05) is 0 Å². The van der Waals surface area contributed by atoms with Gasteiger partial charge in [-0.2, -0.15) is 0 Å². The summed E-state index contributed by atoms with van der Waals surface area (Å²) in [6.45, 7) is 4.90. The summed E-state index contributed by atoms with van der Waals surface area (Å²) in [5.41, 5.74) is 0. The summed E-state index contributed by atoms with van der Waals surface area (Å²) in [6, 6.07) is 0. The van der Waals surface area contributed by atoms with Crippen molar-refractivity contribution in [3.63, 3.8) is 0 Å². The van der Waals surface area contributed by atoms with E-state index in [1.54, 1.807) is 0 Å². The van der Waals surface area contributed by atoms with E-state index in [0.29, 0.717) is 36.9 Å². The van der Waals surface area contributed by atoms with Gasteiger partial charge in [0.25, 0.3) is 0 Å². The van der Waals surface area contributed by atoms with Crippen molar-refractivity contribution >= 4 is 11.9 Å². The van der Waals surface area contributed by atoms with Crippen LogP contribution in [0.1, 0.15) is 52.4 Å². The van der Waals surface area contributed by atoms with Crippen molar-refractivity contribution < 1.29 is 19.1 Å². The molecular formula is C18H28O4. The van der Waals surface area contributed by atoms with E-state index in [9.17, 15) is 9.59 Å². The topological polar surface area (TPSA) is 52.6 Å². The van der Waals surface area contributed by atoms with Gasteiger partial charge in [0.15, 0.2) is 0 Å². The monoisotopic (exact) mass is 308 g/mol. The minimum absolute atomic E-state index is 0.154. The molecule has 3 rings (SSSR count). The van der Waals surface area contributed by atoms with Crippen LogP contribution in [0.4, 0.5) is 0 Å². The van der Waals surface area contributed by atoms with Crippen molar-refractivity contribution in [3.8, 4) is 0 Å². The lowest BCUT2D eigenvalue weighted by Gasteiger charge is -2.35. The standard InChI is InChI=1S/C18H28O4/c1-3-8-21-17(19)15-13-10-14(12-7-5-6-11(12)13)16(15)18(20)22-9-4-2/h11-16H,3-10H2,1-2H3. The van der Waals surface area contributed by atoms with Crippen molar-refractivity contribution in [1.29, 1.82) is 0 Å². The summed E-state index contributed by atoms with van der Waals surface area (Å²) in [4.78, 5) is 25.1. The summed E-state index contributed by atoms with van der Waals surface area (Å²) in [5.74, 6) is 1.16.